The minimum absolute atomic E-state index is 0.162. The van der Waals surface area contributed by atoms with Crippen LogP contribution in [0, 0.1) is 10.8 Å². The minimum Gasteiger partial charge on any atom is -0.306 e. The van der Waals surface area contributed by atoms with Gasteiger partial charge in [-0.05, 0) is 11.5 Å². The highest BCUT2D eigenvalue weighted by molar-refractivity contribution is 5.80. The summed E-state index contributed by atoms with van der Waals surface area (Å²) in [5, 5.41) is 7.20. The topological polar surface area (TPSA) is 36.7 Å². The fourth-order valence-electron chi connectivity index (χ4n) is 1.03. The van der Waals surface area contributed by atoms with Crippen LogP contribution < -0.4 is 0 Å². The quantitative estimate of drug-likeness (QED) is 0.711. The van der Waals surface area contributed by atoms with Crippen LogP contribution in [0.25, 0.3) is 6.08 Å². The zero-order valence-electron chi connectivity index (χ0n) is 8.91. The van der Waals surface area contributed by atoms with Gasteiger partial charge in [-0.15, -0.1) is 0 Å². The Morgan fingerprint density at radius 1 is 1.36 bits per heavy atom. The van der Waals surface area contributed by atoms with E-state index in [1.165, 1.54) is 6.21 Å². The summed E-state index contributed by atoms with van der Waals surface area (Å²) < 4.78 is 0. The van der Waals surface area contributed by atoms with Crippen molar-refractivity contribution in [3.63, 3.8) is 0 Å². The van der Waals surface area contributed by atoms with Gasteiger partial charge in [-0.25, -0.2) is 0 Å². The van der Waals surface area contributed by atoms with E-state index in [0.717, 1.165) is 5.56 Å². The highest BCUT2D eigenvalue weighted by Crippen LogP contribution is 2.17. The second kappa shape index (κ2) is 4.18. The van der Waals surface area contributed by atoms with Crippen molar-refractivity contribution in [3.05, 3.63) is 35.7 Å². The van der Waals surface area contributed by atoms with Gasteiger partial charge in [0.05, 0.1) is 5.69 Å². The first kappa shape index (κ1) is 10.6. The summed E-state index contributed by atoms with van der Waals surface area (Å²) in [4.78, 5) is 4.10. The lowest BCUT2D eigenvalue weighted by Crippen LogP contribution is -1.99. The molecule has 0 unspecified atom stereocenters. The van der Waals surface area contributed by atoms with Crippen LogP contribution in [0.3, 0.4) is 0 Å². The Labute approximate surface area is 85.2 Å². The van der Waals surface area contributed by atoms with Gasteiger partial charge in [-0.2, -0.15) is 0 Å². The molecule has 1 aromatic heterocycles. The number of allylic oxidation sites excluding steroid dienone is 1. The Balaban J connectivity index is 2.97. The third kappa shape index (κ3) is 3.13. The molecule has 1 N–H and O–H groups in total. The first-order chi connectivity index (χ1) is 6.53. The third-order valence-electron chi connectivity index (χ3n) is 1.77. The average molecular weight is 188 g/mol. The number of pyridine rings is 1. The Hall–Kier alpha value is -1.44. The van der Waals surface area contributed by atoms with Gasteiger partial charge in [0.25, 0.3) is 0 Å². The van der Waals surface area contributed by atoms with Crippen LogP contribution in [0.2, 0.25) is 0 Å². The maximum Gasteiger partial charge on any atom is 0.0877 e. The van der Waals surface area contributed by atoms with Crippen LogP contribution in [0.5, 0.6) is 0 Å². The second-order valence-corrected chi connectivity index (χ2v) is 4.32. The number of hydrogen-bond donors (Lipinski definition) is 1. The van der Waals surface area contributed by atoms with Crippen molar-refractivity contribution in [2.24, 2.45) is 5.41 Å². The molecule has 0 aliphatic carbocycles. The van der Waals surface area contributed by atoms with E-state index < -0.39 is 0 Å². The van der Waals surface area contributed by atoms with Crippen molar-refractivity contribution in [2.45, 2.75) is 20.8 Å². The molecule has 0 aromatic carbocycles. The number of nitrogens with one attached hydrogen (secondary N) is 1. The molecule has 1 aromatic rings. The molecule has 0 aliphatic heterocycles. The van der Waals surface area contributed by atoms with Gasteiger partial charge in [0.2, 0.25) is 0 Å². The summed E-state index contributed by atoms with van der Waals surface area (Å²) in [6.07, 6.45) is 7.13. The number of nitrogens with zero attached hydrogens (tertiary/aromatic N) is 1. The summed E-state index contributed by atoms with van der Waals surface area (Å²) in [6.45, 7) is 6.43. The summed E-state index contributed by atoms with van der Waals surface area (Å²) in [5.41, 5.74) is 1.88. The van der Waals surface area contributed by atoms with Gasteiger partial charge >= 0.3 is 0 Å². The fraction of sp³-hybridized carbons (Fsp3) is 0.333. The molecule has 74 valence electrons. The zero-order chi connectivity index (χ0) is 10.6. The maximum atomic E-state index is 7.20. The predicted molar refractivity (Wildman–Crippen MR) is 60.6 cm³/mol. The summed E-state index contributed by atoms with van der Waals surface area (Å²) in [6, 6.07) is 3.85. The van der Waals surface area contributed by atoms with E-state index in [1.54, 1.807) is 6.20 Å². The maximum absolute atomic E-state index is 7.20. The summed E-state index contributed by atoms with van der Waals surface area (Å²) in [7, 11) is 0. The van der Waals surface area contributed by atoms with E-state index in [2.05, 4.69) is 31.8 Å². The van der Waals surface area contributed by atoms with Gasteiger partial charge in [-0.1, -0.05) is 39.0 Å². The van der Waals surface area contributed by atoms with Crippen molar-refractivity contribution in [2.75, 3.05) is 0 Å². The Kier molecular flexibility index (Phi) is 3.18. The Morgan fingerprint density at radius 3 is 2.64 bits per heavy atom. The standard InChI is InChI=1S/C12H16N2/c1-12(2,3)7-6-10-5-4-8-14-11(10)9-13/h4-9,13H,1-3H3/b7-6-,13-9?. The Morgan fingerprint density at radius 2 is 2.07 bits per heavy atom. The lowest BCUT2D eigenvalue weighted by molar-refractivity contribution is 0.547. The van der Waals surface area contributed by atoms with Crippen molar-refractivity contribution < 1.29 is 0 Å². The van der Waals surface area contributed by atoms with Crippen LogP contribution in [0.1, 0.15) is 32.0 Å². The van der Waals surface area contributed by atoms with Crippen LogP contribution in [0.15, 0.2) is 24.4 Å². The fourth-order valence-corrected chi connectivity index (χ4v) is 1.03. The molecule has 14 heavy (non-hydrogen) atoms. The van der Waals surface area contributed by atoms with Gasteiger partial charge in [-0.3, -0.25) is 4.98 Å². The van der Waals surface area contributed by atoms with Crippen molar-refractivity contribution in [3.8, 4) is 0 Å². The molecular formula is C12H16N2. The van der Waals surface area contributed by atoms with Crippen LogP contribution in [0.4, 0.5) is 0 Å². The van der Waals surface area contributed by atoms with Crippen molar-refractivity contribution in [1.82, 2.24) is 4.98 Å². The monoisotopic (exact) mass is 188 g/mol. The molecule has 0 amide bonds. The first-order valence-electron chi connectivity index (χ1n) is 4.68. The molecule has 2 nitrogen and oxygen atoms in total. The molecule has 0 atom stereocenters. The highest BCUT2D eigenvalue weighted by atomic mass is 14.7. The summed E-state index contributed by atoms with van der Waals surface area (Å²) in [5.74, 6) is 0. The van der Waals surface area contributed by atoms with Crippen LogP contribution in [-0.2, 0) is 0 Å². The first-order valence-corrected chi connectivity index (χ1v) is 4.68. The molecular weight excluding hydrogens is 172 g/mol. The average Bonchev–Trinajstić information content (AvgIpc) is 2.14. The van der Waals surface area contributed by atoms with E-state index in [0.29, 0.717) is 5.69 Å². The van der Waals surface area contributed by atoms with Gasteiger partial charge in [0.1, 0.15) is 0 Å². The second-order valence-electron chi connectivity index (χ2n) is 4.32. The normalized spacial score (nSPS) is 11.9. The lowest BCUT2D eigenvalue weighted by Gasteiger charge is -2.11. The molecule has 0 aliphatic rings. The Bertz CT molecular complexity index is 346. The number of rotatable bonds is 2. The zero-order valence-corrected chi connectivity index (χ0v) is 8.91. The van der Waals surface area contributed by atoms with Crippen molar-refractivity contribution >= 4 is 12.3 Å². The number of hydrogen-bond acceptors (Lipinski definition) is 2. The predicted octanol–water partition coefficient (Wildman–Crippen LogP) is 3.14. The molecule has 0 bridgehead atoms. The molecule has 0 fully saturated rings. The number of aromatic nitrogens is 1. The molecule has 0 spiro atoms. The van der Waals surface area contributed by atoms with Crippen molar-refractivity contribution in [1.29, 1.82) is 5.41 Å². The lowest BCUT2D eigenvalue weighted by atomic mass is 9.95. The molecule has 0 radical (unpaired) electrons. The van der Waals surface area contributed by atoms with E-state index in [1.807, 2.05) is 18.2 Å². The van der Waals surface area contributed by atoms with Crippen LogP contribution in [-0.4, -0.2) is 11.2 Å². The summed E-state index contributed by atoms with van der Waals surface area (Å²) >= 11 is 0. The molecule has 0 saturated heterocycles. The smallest absolute Gasteiger partial charge is 0.0877 e. The van der Waals surface area contributed by atoms with Gasteiger partial charge in [0, 0.05) is 18.0 Å². The largest absolute Gasteiger partial charge is 0.306 e. The molecule has 2 heteroatoms. The van der Waals surface area contributed by atoms with E-state index in [4.69, 9.17) is 5.41 Å². The molecule has 0 saturated carbocycles. The van der Waals surface area contributed by atoms with E-state index in [-0.39, 0.29) is 5.41 Å². The van der Waals surface area contributed by atoms with Gasteiger partial charge in [0.15, 0.2) is 0 Å². The van der Waals surface area contributed by atoms with Crippen LogP contribution >= 0.6 is 0 Å². The third-order valence-corrected chi connectivity index (χ3v) is 1.77. The SMILES string of the molecule is CC(C)(C)/C=C\c1cccnc1C=N. The van der Waals surface area contributed by atoms with E-state index >= 15 is 0 Å². The highest BCUT2D eigenvalue weighted by Gasteiger charge is 2.04. The molecule has 1 rings (SSSR count). The van der Waals surface area contributed by atoms with E-state index in [9.17, 15) is 0 Å². The van der Waals surface area contributed by atoms with Gasteiger partial charge < -0.3 is 5.41 Å². The minimum atomic E-state index is 0.162. The molecule has 1 heterocycles.